The van der Waals surface area contributed by atoms with E-state index < -0.39 is 10.9 Å². The monoisotopic (exact) mass is 264 g/mol. The largest absolute Gasteiger partial charge is 0.478 e. The van der Waals surface area contributed by atoms with Crippen LogP contribution in [0.15, 0.2) is 12.1 Å². The summed E-state index contributed by atoms with van der Waals surface area (Å²) < 4.78 is 0. The third kappa shape index (κ3) is 2.60. The first-order valence-electron chi connectivity index (χ1n) is 3.93. The van der Waals surface area contributed by atoms with Crippen LogP contribution in [0.25, 0.3) is 0 Å². The summed E-state index contributed by atoms with van der Waals surface area (Å²) in [5.41, 5.74) is 0.891. The van der Waals surface area contributed by atoms with E-state index in [1.807, 2.05) is 0 Å². The Bertz CT molecular complexity index is 378. The van der Waals surface area contributed by atoms with E-state index in [1.54, 1.807) is 13.8 Å². The minimum atomic E-state index is -1.07. The maximum absolute atomic E-state index is 10.7. The molecule has 6 heteroatoms. The van der Waals surface area contributed by atoms with E-state index in [9.17, 15) is 14.9 Å². The van der Waals surface area contributed by atoms with Gasteiger partial charge < -0.3 is 5.11 Å². The van der Waals surface area contributed by atoms with E-state index >= 15 is 0 Å². The fraction of sp³-hybridized carbons (Fsp3) is 0.222. The fourth-order valence-electron chi connectivity index (χ4n) is 1.24. The number of carboxylic acid groups (broad SMARTS) is 1. The summed E-state index contributed by atoms with van der Waals surface area (Å²) in [5, 5.41) is 19.3. The molecule has 0 aliphatic carbocycles. The molecule has 0 heterocycles. The quantitative estimate of drug-likeness (QED) is 0.499. The summed E-state index contributed by atoms with van der Waals surface area (Å²) in [6.07, 6.45) is 0. The van der Waals surface area contributed by atoms with Crippen molar-refractivity contribution >= 4 is 31.4 Å². The topological polar surface area (TPSA) is 80.4 Å². The normalized spacial score (nSPS) is 9.20. The van der Waals surface area contributed by atoms with Gasteiger partial charge in [0.2, 0.25) is 0 Å². The van der Waals surface area contributed by atoms with Crippen molar-refractivity contribution in [2.45, 2.75) is 13.8 Å². The molecule has 1 rings (SSSR count). The molecule has 0 aromatic heterocycles. The molecule has 5 nitrogen and oxygen atoms in total. The van der Waals surface area contributed by atoms with Crippen molar-refractivity contribution < 1.29 is 14.8 Å². The Balaban J connectivity index is 0.00000196. The molecule has 0 spiro atoms. The van der Waals surface area contributed by atoms with Crippen LogP contribution in [0.3, 0.4) is 0 Å². The molecule has 0 bridgehead atoms. The number of nitro benzene ring substituents is 1. The number of nitro groups is 1. The Hall–Kier alpha value is -1.27. The van der Waals surface area contributed by atoms with Gasteiger partial charge in [-0.2, -0.15) is 0 Å². The van der Waals surface area contributed by atoms with E-state index in [2.05, 4.69) is 0 Å². The number of rotatable bonds is 2. The second-order valence-corrected chi connectivity index (χ2v) is 2.94. The number of hydrogen-bond donors (Lipinski definition) is 1. The maximum atomic E-state index is 10.7. The third-order valence-electron chi connectivity index (χ3n) is 2.19. The molecule has 3 radical (unpaired) electrons. The SMILES string of the molecule is Cc1c(C(=O)O)ccc([N+](=O)[O-])c1C.[Ga]. The third-order valence-corrected chi connectivity index (χ3v) is 2.19. The first-order valence-corrected chi connectivity index (χ1v) is 3.93. The van der Waals surface area contributed by atoms with Gasteiger partial charge in [0.15, 0.2) is 0 Å². The van der Waals surface area contributed by atoms with Crippen molar-refractivity contribution in [3.8, 4) is 0 Å². The van der Waals surface area contributed by atoms with Crippen molar-refractivity contribution in [3.05, 3.63) is 38.9 Å². The molecular weight excluding hydrogens is 256 g/mol. The Morgan fingerprint density at radius 1 is 1.33 bits per heavy atom. The van der Waals surface area contributed by atoms with Crippen LogP contribution < -0.4 is 0 Å². The smallest absolute Gasteiger partial charge is 0.335 e. The van der Waals surface area contributed by atoms with Crippen molar-refractivity contribution in [2.75, 3.05) is 0 Å². The van der Waals surface area contributed by atoms with Gasteiger partial charge >= 0.3 is 5.97 Å². The van der Waals surface area contributed by atoms with Gasteiger partial charge in [0.25, 0.3) is 5.69 Å². The van der Waals surface area contributed by atoms with Crippen molar-refractivity contribution in [2.24, 2.45) is 0 Å². The molecule has 0 amide bonds. The molecular formula is C9H9GaNO4. The molecule has 0 unspecified atom stereocenters. The minimum Gasteiger partial charge on any atom is -0.478 e. The Kier molecular flexibility index (Phi) is 4.57. The van der Waals surface area contributed by atoms with Crippen LogP contribution in [0.4, 0.5) is 5.69 Å². The van der Waals surface area contributed by atoms with Gasteiger partial charge in [0, 0.05) is 31.4 Å². The zero-order chi connectivity index (χ0) is 10.9. The van der Waals surface area contributed by atoms with Gasteiger partial charge in [0.1, 0.15) is 0 Å². The fourth-order valence-corrected chi connectivity index (χ4v) is 1.24. The summed E-state index contributed by atoms with van der Waals surface area (Å²) in [4.78, 5) is 20.7. The summed E-state index contributed by atoms with van der Waals surface area (Å²) in [7, 11) is 0. The van der Waals surface area contributed by atoms with Gasteiger partial charge in [-0.1, -0.05) is 0 Å². The van der Waals surface area contributed by atoms with E-state index in [1.165, 1.54) is 12.1 Å². The summed E-state index contributed by atoms with van der Waals surface area (Å²) in [5.74, 6) is -1.07. The zero-order valence-electron chi connectivity index (χ0n) is 8.35. The molecule has 0 atom stereocenters. The number of carbonyl (C=O) groups is 1. The summed E-state index contributed by atoms with van der Waals surface area (Å²) in [6.45, 7) is 3.10. The Labute approximate surface area is 99.3 Å². The van der Waals surface area contributed by atoms with Crippen LogP contribution in [0, 0.1) is 24.0 Å². The standard InChI is InChI=1S/C9H9NO4.Ga/c1-5-6(2)8(10(13)14)4-3-7(5)9(11)12;/h3-4H,1-2H3,(H,11,12);. The molecule has 1 N–H and O–H groups in total. The van der Waals surface area contributed by atoms with E-state index in [-0.39, 0.29) is 31.0 Å². The minimum absolute atomic E-state index is 0. The molecule has 0 aliphatic heterocycles. The number of hydrogen-bond acceptors (Lipinski definition) is 3. The predicted octanol–water partition coefficient (Wildman–Crippen LogP) is 1.53. The van der Waals surface area contributed by atoms with Gasteiger partial charge in [0.05, 0.1) is 10.5 Å². The van der Waals surface area contributed by atoms with Gasteiger partial charge in [-0.25, -0.2) is 4.79 Å². The molecule has 15 heavy (non-hydrogen) atoms. The number of benzene rings is 1. The van der Waals surface area contributed by atoms with Crippen molar-refractivity contribution in [1.82, 2.24) is 0 Å². The van der Waals surface area contributed by atoms with Crippen molar-refractivity contribution in [1.29, 1.82) is 0 Å². The molecule has 0 saturated carbocycles. The van der Waals surface area contributed by atoms with Crippen LogP contribution in [0.2, 0.25) is 0 Å². The number of nitrogens with zero attached hydrogens (tertiary/aromatic N) is 1. The molecule has 1 aromatic carbocycles. The number of carboxylic acids is 1. The second kappa shape index (κ2) is 4.99. The Morgan fingerprint density at radius 3 is 2.27 bits per heavy atom. The van der Waals surface area contributed by atoms with E-state index in [0.29, 0.717) is 11.1 Å². The summed E-state index contributed by atoms with van der Waals surface area (Å²) >= 11 is 0. The molecule has 0 saturated heterocycles. The Morgan fingerprint density at radius 2 is 1.87 bits per heavy atom. The first-order chi connectivity index (χ1) is 6.45. The average Bonchev–Trinajstić information content (AvgIpc) is 2.08. The van der Waals surface area contributed by atoms with E-state index in [4.69, 9.17) is 5.11 Å². The van der Waals surface area contributed by atoms with Crippen LogP contribution >= 0.6 is 0 Å². The zero-order valence-corrected chi connectivity index (χ0v) is 10.8. The molecule has 1 aromatic rings. The van der Waals surface area contributed by atoms with Crippen LogP contribution in [-0.2, 0) is 0 Å². The number of aromatic carboxylic acids is 1. The van der Waals surface area contributed by atoms with Gasteiger partial charge in [-0.15, -0.1) is 0 Å². The van der Waals surface area contributed by atoms with Crippen LogP contribution in [-0.4, -0.2) is 35.8 Å². The maximum Gasteiger partial charge on any atom is 0.335 e. The predicted molar refractivity (Wildman–Crippen MR) is 55.3 cm³/mol. The molecule has 0 aliphatic rings. The first kappa shape index (κ1) is 13.7. The van der Waals surface area contributed by atoms with Gasteiger partial charge in [-0.3, -0.25) is 10.1 Å². The molecule has 77 valence electrons. The molecule has 0 fully saturated rings. The second-order valence-electron chi connectivity index (χ2n) is 2.94. The van der Waals surface area contributed by atoms with Crippen LogP contribution in [0.1, 0.15) is 21.5 Å². The van der Waals surface area contributed by atoms with Gasteiger partial charge in [-0.05, 0) is 25.5 Å². The van der Waals surface area contributed by atoms with Crippen LogP contribution in [0.5, 0.6) is 0 Å². The average molecular weight is 265 g/mol. The van der Waals surface area contributed by atoms with E-state index in [0.717, 1.165) is 0 Å². The van der Waals surface area contributed by atoms with Crippen molar-refractivity contribution in [3.63, 3.8) is 0 Å². The summed E-state index contributed by atoms with van der Waals surface area (Å²) in [6, 6.07) is 2.47.